The Kier molecular flexibility index (Phi) is 6.61. The molecule has 32 heavy (non-hydrogen) atoms. The summed E-state index contributed by atoms with van der Waals surface area (Å²) in [4.78, 5) is 2.33. The normalized spacial score (nSPS) is 11.1. The monoisotopic (exact) mass is 420 g/mol. The van der Waals surface area contributed by atoms with Crippen molar-refractivity contribution < 1.29 is 0 Å². The second kappa shape index (κ2) is 9.74. The van der Waals surface area contributed by atoms with Gasteiger partial charge >= 0.3 is 0 Å². The largest absolute Gasteiger partial charge is 0.339 e. The molecule has 1 aromatic heterocycles. The molecule has 0 aliphatic rings. The third-order valence-electron chi connectivity index (χ3n) is 5.72. The summed E-state index contributed by atoms with van der Waals surface area (Å²) < 4.78 is 2.41. The Morgan fingerprint density at radius 1 is 0.500 bits per heavy atom. The lowest BCUT2D eigenvalue weighted by Crippen LogP contribution is -2.25. The van der Waals surface area contributed by atoms with Crippen molar-refractivity contribution in [3.63, 3.8) is 0 Å². The number of hydrogen-bond donors (Lipinski definition) is 0. The van der Waals surface area contributed by atoms with E-state index in [2.05, 4.69) is 134 Å². The Hall–Kier alpha value is -3.52. The SMILES string of the molecule is CC(C)N(c1ccccc1)c1ccccc1.CC(C)n1c2ccccc2c2ccccc21. The predicted molar refractivity (Wildman–Crippen MR) is 140 cm³/mol. The first-order valence-corrected chi connectivity index (χ1v) is 11.4. The first-order valence-electron chi connectivity index (χ1n) is 11.4. The van der Waals surface area contributed by atoms with E-state index in [-0.39, 0.29) is 0 Å². The van der Waals surface area contributed by atoms with Crippen molar-refractivity contribution in [3.8, 4) is 0 Å². The molecule has 0 aliphatic carbocycles. The number of anilines is 2. The van der Waals surface area contributed by atoms with Gasteiger partial charge < -0.3 is 9.47 Å². The molecule has 5 rings (SSSR count). The molecule has 0 N–H and O–H groups in total. The fraction of sp³-hybridized carbons (Fsp3) is 0.200. The summed E-state index contributed by atoms with van der Waals surface area (Å²) >= 11 is 0. The molecule has 0 fully saturated rings. The van der Waals surface area contributed by atoms with Gasteiger partial charge in [0, 0.05) is 45.3 Å². The lowest BCUT2D eigenvalue weighted by atomic mass is 10.2. The van der Waals surface area contributed by atoms with E-state index in [4.69, 9.17) is 0 Å². The predicted octanol–water partition coefficient (Wildman–Crippen LogP) is 8.61. The molecule has 0 amide bonds. The average molecular weight is 421 g/mol. The average Bonchev–Trinajstić information content (AvgIpc) is 3.16. The fourth-order valence-corrected chi connectivity index (χ4v) is 4.43. The lowest BCUT2D eigenvalue weighted by molar-refractivity contribution is 0.642. The molecule has 162 valence electrons. The van der Waals surface area contributed by atoms with Crippen molar-refractivity contribution in [2.75, 3.05) is 4.90 Å². The van der Waals surface area contributed by atoms with Crippen LogP contribution in [0.2, 0.25) is 0 Å². The van der Waals surface area contributed by atoms with Crippen LogP contribution in [0, 0.1) is 0 Å². The van der Waals surface area contributed by atoms with Gasteiger partial charge in [0.15, 0.2) is 0 Å². The first-order chi connectivity index (χ1) is 15.6. The zero-order valence-electron chi connectivity index (χ0n) is 19.4. The van der Waals surface area contributed by atoms with Gasteiger partial charge in [-0.2, -0.15) is 0 Å². The van der Waals surface area contributed by atoms with Gasteiger partial charge in [-0.3, -0.25) is 0 Å². The van der Waals surface area contributed by atoms with E-state index >= 15 is 0 Å². The lowest BCUT2D eigenvalue weighted by Gasteiger charge is -2.29. The van der Waals surface area contributed by atoms with Crippen LogP contribution in [0.5, 0.6) is 0 Å². The quantitative estimate of drug-likeness (QED) is 0.282. The molecule has 0 aliphatic heterocycles. The Balaban J connectivity index is 0.000000153. The van der Waals surface area contributed by atoms with Gasteiger partial charge in [0.1, 0.15) is 0 Å². The van der Waals surface area contributed by atoms with Gasteiger partial charge in [0.2, 0.25) is 0 Å². The number of benzene rings is 4. The molecule has 2 nitrogen and oxygen atoms in total. The van der Waals surface area contributed by atoms with Crippen LogP contribution < -0.4 is 4.90 Å². The molecule has 0 atom stereocenters. The summed E-state index contributed by atoms with van der Waals surface area (Å²) in [5, 5.41) is 2.71. The topological polar surface area (TPSA) is 8.17 Å². The van der Waals surface area contributed by atoms with Gasteiger partial charge in [-0.15, -0.1) is 0 Å². The van der Waals surface area contributed by atoms with Gasteiger partial charge in [-0.1, -0.05) is 72.8 Å². The smallest absolute Gasteiger partial charge is 0.0493 e. The summed E-state index contributed by atoms with van der Waals surface area (Å²) in [6, 6.07) is 39.2. The summed E-state index contributed by atoms with van der Waals surface area (Å²) in [5.41, 5.74) is 5.14. The minimum absolute atomic E-state index is 0.449. The molecule has 5 aromatic rings. The van der Waals surface area contributed by atoms with Gasteiger partial charge in [0.25, 0.3) is 0 Å². The van der Waals surface area contributed by atoms with Gasteiger partial charge in [-0.25, -0.2) is 0 Å². The molecular formula is C30H32N2. The highest BCUT2D eigenvalue weighted by molar-refractivity contribution is 6.08. The molecule has 2 heteroatoms. The van der Waals surface area contributed by atoms with Crippen molar-refractivity contribution in [2.45, 2.75) is 39.8 Å². The van der Waals surface area contributed by atoms with Crippen LogP contribution >= 0.6 is 0 Å². The summed E-state index contributed by atoms with van der Waals surface area (Å²) in [6.45, 7) is 8.89. The van der Waals surface area contributed by atoms with E-state index in [9.17, 15) is 0 Å². The van der Waals surface area contributed by atoms with Crippen molar-refractivity contribution in [2.24, 2.45) is 0 Å². The van der Waals surface area contributed by atoms with E-state index in [1.54, 1.807) is 0 Å². The standard InChI is InChI=1S/C15H15N.C15H17N/c1-11(2)16-14-9-5-3-7-12(14)13-8-4-6-10-15(13)16;1-13(2)16(14-9-5-3-6-10-14)15-11-7-4-8-12-15/h3-11H,1-2H3;3-13H,1-2H3. The molecule has 0 saturated heterocycles. The molecule has 0 saturated carbocycles. The van der Waals surface area contributed by atoms with E-state index in [0.29, 0.717) is 12.1 Å². The van der Waals surface area contributed by atoms with Gasteiger partial charge in [-0.05, 0) is 64.1 Å². The number of hydrogen-bond acceptors (Lipinski definition) is 1. The highest BCUT2D eigenvalue weighted by Crippen LogP contribution is 2.31. The second-order valence-corrected chi connectivity index (χ2v) is 8.63. The zero-order chi connectivity index (χ0) is 22.5. The summed E-state index contributed by atoms with van der Waals surface area (Å²) in [5.74, 6) is 0. The molecular weight excluding hydrogens is 388 g/mol. The fourth-order valence-electron chi connectivity index (χ4n) is 4.43. The minimum atomic E-state index is 0.449. The molecule has 0 bridgehead atoms. The molecule has 0 unspecified atom stereocenters. The van der Waals surface area contributed by atoms with E-state index < -0.39 is 0 Å². The maximum atomic E-state index is 2.41. The van der Waals surface area contributed by atoms with Crippen LogP contribution in [-0.2, 0) is 0 Å². The second-order valence-electron chi connectivity index (χ2n) is 8.63. The van der Waals surface area contributed by atoms with Crippen LogP contribution in [0.15, 0.2) is 109 Å². The third-order valence-corrected chi connectivity index (χ3v) is 5.72. The summed E-state index contributed by atoms with van der Waals surface area (Å²) in [7, 11) is 0. The van der Waals surface area contributed by atoms with Crippen LogP contribution in [0.4, 0.5) is 11.4 Å². The number of rotatable bonds is 4. The maximum absolute atomic E-state index is 2.41. The maximum Gasteiger partial charge on any atom is 0.0493 e. The summed E-state index contributed by atoms with van der Waals surface area (Å²) in [6.07, 6.45) is 0. The van der Waals surface area contributed by atoms with Crippen LogP contribution in [0.3, 0.4) is 0 Å². The number of nitrogens with zero attached hydrogens (tertiary/aromatic N) is 2. The minimum Gasteiger partial charge on any atom is -0.339 e. The zero-order valence-corrected chi connectivity index (χ0v) is 19.4. The van der Waals surface area contributed by atoms with Gasteiger partial charge in [0.05, 0.1) is 0 Å². The van der Waals surface area contributed by atoms with Crippen LogP contribution in [-0.4, -0.2) is 10.6 Å². The Morgan fingerprint density at radius 3 is 1.25 bits per heavy atom. The van der Waals surface area contributed by atoms with Crippen molar-refractivity contribution in [1.82, 2.24) is 4.57 Å². The van der Waals surface area contributed by atoms with Crippen molar-refractivity contribution >= 4 is 33.2 Å². The number of para-hydroxylation sites is 4. The highest BCUT2D eigenvalue weighted by Gasteiger charge is 2.12. The molecule has 0 radical (unpaired) electrons. The number of aromatic nitrogens is 1. The van der Waals surface area contributed by atoms with Crippen molar-refractivity contribution in [3.05, 3.63) is 109 Å². The van der Waals surface area contributed by atoms with E-state index in [0.717, 1.165) is 0 Å². The van der Waals surface area contributed by atoms with E-state index in [1.165, 1.54) is 33.2 Å². The molecule has 4 aromatic carbocycles. The van der Waals surface area contributed by atoms with Crippen LogP contribution in [0.1, 0.15) is 33.7 Å². The third kappa shape index (κ3) is 4.40. The Labute approximate surface area is 191 Å². The number of fused-ring (bicyclic) bond motifs is 3. The van der Waals surface area contributed by atoms with Crippen molar-refractivity contribution in [1.29, 1.82) is 0 Å². The Morgan fingerprint density at radius 2 is 0.875 bits per heavy atom. The Bertz CT molecular complexity index is 1180. The highest BCUT2D eigenvalue weighted by atomic mass is 15.2. The first kappa shape index (κ1) is 21.7. The van der Waals surface area contributed by atoms with E-state index in [1.807, 2.05) is 12.1 Å². The molecule has 0 spiro atoms. The molecule has 1 heterocycles. The van der Waals surface area contributed by atoms with Crippen LogP contribution in [0.25, 0.3) is 21.8 Å².